The van der Waals surface area contributed by atoms with Gasteiger partial charge in [0, 0.05) is 13.6 Å². The molecule has 0 aliphatic heterocycles. The van der Waals surface area contributed by atoms with Crippen molar-refractivity contribution < 1.29 is 10.0 Å². The fraction of sp³-hybridized carbons (Fsp3) is 0.500. The first-order valence-electron chi connectivity index (χ1n) is 5.42. The monoisotopic (exact) mass is 271 g/mol. The van der Waals surface area contributed by atoms with Crippen LogP contribution in [0, 0.1) is 6.92 Å². The number of nitrogens with one attached hydrogen (secondary N) is 1. The summed E-state index contributed by atoms with van der Waals surface area (Å²) in [5.41, 5.74) is 6.83. The third kappa shape index (κ3) is 3.16. The molecule has 0 radical (unpaired) electrons. The van der Waals surface area contributed by atoms with Crippen LogP contribution in [0.1, 0.15) is 18.2 Å². The number of rotatable bonds is 5. The number of oxime groups is 1. The van der Waals surface area contributed by atoms with Crippen molar-refractivity contribution in [2.24, 2.45) is 17.9 Å². The zero-order valence-electron chi connectivity index (χ0n) is 10.6. The number of amidine groups is 1. The number of carbonyl (C=O) groups is 1. The Bertz CT molecular complexity index is 469. The van der Waals surface area contributed by atoms with Crippen LogP contribution in [0.3, 0.4) is 0 Å². The Morgan fingerprint density at radius 1 is 1.67 bits per heavy atom. The minimum atomic E-state index is -0.0631. The van der Waals surface area contributed by atoms with Gasteiger partial charge < -0.3 is 16.3 Å². The van der Waals surface area contributed by atoms with Gasteiger partial charge in [0.1, 0.15) is 5.03 Å². The van der Waals surface area contributed by atoms with Gasteiger partial charge in [0.2, 0.25) is 5.91 Å². The number of aryl methyl sites for hydroxylation is 2. The van der Waals surface area contributed by atoms with Crippen LogP contribution < -0.4 is 11.1 Å². The highest BCUT2D eigenvalue weighted by atomic mass is 32.2. The highest BCUT2D eigenvalue weighted by Gasteiger charge is 2.18. The molecule has 7 nitrogen and oxygen atoms in total. The quantitative estimate of drug-likeness (QED) is 0.231. The second kappa shape index (κ2) is 6.29. The van der Waals surface area contributed by atoms with Crippen molar-refractivity contribution in [3.05, 3.63) is 11.3 Å². The van der Waals surface area contributed by atoms with E-state index < -0.39 is 0 Å². The lowest BCUT2D eigenvalue weighted by Gasteiger charge is -2.05. The second-order valence-electron chi connectivity index (χ2n) is 3.62. The van der Waals surface area contributed by atoms with E-state index in [0.29, 0.717) is 22.8 Å². The van der Waals surface area contributed by atoms with E-state index in [4.69, 9.17) is 10.9 Å². The molecule has 1 aromatic rings. The molecule has 0 aliphatic carbocycles. The average molecular weight is 271 g/mol. The summed E-state index contributed by atoms with van der Waals surface area (Å²) in [6, 6.07) is 0. The maximum Gasteiger partial charge on any atom is 0.230 e. The van der Waals surface area contributed by atoms with E-state index in [9.17, 15) is 4.79 Å². The summed E-state index contributed by atoms with van der Waals surface area (Å²) in [6.07, 6.45) is 0. The zero-order chi connectivity index (χ0) is 13.7. The van der Waals surface area contributed by atoms with Crippen LogP contribution in [0.2, 0.25) is 0 Å². The van der Waals surface area contributed by atoms with E-state index in [-0.39, 0.29) is 17.5 Å². The lowest BCUT2D eigenvalue weighted by Crippen LogP contribution is -2.24. The zero-order valence-corrected chi connectivity index (χ0v) is 11.4. The van der Waals surface area contributed by atoms with Gasteiger partial charge >= 0.3 is 0 Å². The topological polar surface area (TPSA) is 106 Å². The second-order valence-corrected chi connectivity index (χ2v) is 4.58. The van der Waals surface area contributed by atoms with E-state index in [0.717, 1.165) is 0 Å². The first-order valence-corrected chi connectivity index (χ1v) is 6.40. The molecule has 0 atom stereocenters. The molecule has 0 fully saturated rings. The fourth-order valence-electron chi connectivity index (χ4n) is 1.53. The summed E-state index contributed by atoms with van der Waals surface area (Å²) in [6.45, 7) is 4.22. The van der Waals surface area contributed by atoms with Gasteiger partial charge in [-0.25, -0.2) is 0 Å². The minimum absolute atomic E-state index is 0.000926. The number of thioether (sulfide) groups is 1. The van der Waals surface area contributed by atoms with Crippen LogP contribution in [0.15, 0.2) is 10.2 Å². The third-order valence-electron chi connectivity index (χ3n) is 2.25. The minimum Gasteiger partial charge on any atom is -0.409 e. The summed E-state index contributed by atoms with van der Waals surface area (Å²) < 4.78 is 1.62. The molecule has 0 saturated carbocycles. The number of amides is 1. The van der Waals surface area contributed by atoms with Gasteiger partial charge in [0.15, 0.2) is 5.84 Å². The summed E-state index contributed by atoms with van der Waals surface area (Å²) in [5.74, 6) is 0.198. The van der Waals surface area contributed by atoms with Gasteiger partial charge in [-0.3, -0.25) is 9.48 Å². The predicted octanol–water partition coefficient (Wildman–Crippen LogP) is 0.0512. The van der Waals surface area contributed by atoms with Gasteiger partial charge in [-0.15, -0.1) is 0 Å². The van der Waals surface area contributed by atoms with Gasteiger partial charge in [0.25, 0.3) is 0 Å². The SMILES string of the molecule is CCNC(=O)CSc1c(C(N)=NO)c(C)nn1C. The van der Waals surface area contributed by atoms with Crippen molar-refractivity contribution in [1.82, 2.24) is 15.1 Å². The van der Waals surface area contributed by atoms with E-state index in [1.807, 2.05) is 6.92 Å². The lowest BCUT2D eigenvalue weighted by atomic mass is 10.2. The van der Waals surface area contributed by atoms with Crippen molar-refractivity contribution >= 4 is 23.5 Å². The number of hydrogen-bond acceptors (Lipinski definition) is 5. The number of aromatic nitrogens is 2. The Kier molecular flexibility index (Phi) is 5.02. The molecule has 0 bridgehead atoms. The van der Waals surface area contributed by atoms with Crippen molar-refractivity contribution in [3.8, 4) is 0 Å². The number of carbonyl (C=O) groups excluding carboxylic acids is 1. The molecule has 1 aromatic heterocycles. The Hall–Kier alpha value is -1.70. The highest BCUT2D eigenvalue weighted by molar-refractivity contribution is 8.00. The Balaban J connectivity index is 2.91. The molecule has 18 heavy (non-hydrogen) atoms. The average Bonchev–Trinajstić information content (AvgIpc) is 2.60. The molecular formula is C10H17N5O2S. The van der Waals surface area contributed by atoms with E-state index in [1.165, 1.54) is 11.8 Å². The number of hydrogen-bond donors (Lipinski definition) is 3. The van der Waals surface area contributed by atoms with Crippen LogP contribution in [0.5, 0.6) is 0 Å². The summed E-state index contributed by atoms with van der Waals surface area (Å²) >= 11 is 1.30. The molecule has 1 heterocycles. The van der Waals surface area contributed by atoms with Crippen LogP contribution in [0.4, 0.5) is 0 Å². The molecule has 100 valence electrons. The third-order valence-corrected chi connectivity index (χ3v) is 3.40. The molecule has 0 aromatic carbocycles. The van der Waals surface area contributed by atoms with Gasteiger partial charge in [-0.05, 0) is 13.8 Å². The maximum atomic E-state index is 11.4. The molecule has 0 saturated heterocycles. The summed E-state index contributed by atoms with van der Waals surface area (Å²) in [5, 5.41) is 19.3. The Labute approximate surface area is 109 Å². The van der Waals surface area contributed by atoms with Crippen molar-refractivity contribution in [1.29, 1.82) is 0 Å². The molecule has 8 heteroatoms. The van der Waals surface area contributed by atoms with Crippen molar-refractivity contribution in [2.75, 3.05) is 12.3 Å². The largest absolute Gasteiger partial charge is 0.409 e. The van der Waals surface area contributed by atoms with Crippen LogP contribution in [-0.2, 0) is 11.8 Å². The maximum absolute atomic E-state index is 11.4. The van der Waals surface area contributed by atoms with Gasteiger partial charge in [-0.1, -0.05) is 16.9 Å². The van der Waals surface area contributed by atoms with E-state index >= 15 is 0 Å². The normalized spacial score (nSPS) is 11.6. The first-order chi connectivity index (χ1) is 8.51. The standard InChI is InChI=1S/C10H17N5O2S/c1-4-12-7(16)5-18-10-8(9(11)14-17)6(2)13-15(10)3/h17H,4-5H2,1-3H3,(H2,11,14)(H,12,16). The van der Waals surface area contributed by atoms with Crippen LogP contribution >= 0.6 is 11.8 Å². The lowest BCUT2D eigenvalue weighted by molar-refractivity contribution is -0.118. The predicted molar refractivity (Wildman–Crippen MR) is 69.9 cm³/mol. The van der Waals surface area contributed by atoms with Crippen LogP contribution in [0.25, 0.3) is 0 Å². The number of nitrogens with two attached hydrogens (primary N) is 1. The number of nitrogens with zero attached hydrogens (tertiary/aromatic N) is 3. The molecule has 0 unspecified atom stereocenters. The molecule has 0 aliphatic rings. The van der Waals surface area contributed by atoms with E-state index in [1.54, 1.807) is 18.7 Å². The van der Waals surface area contributed by atoms with Gasteiger partial charge in [0.05, 0.1) is 17.0 Å². The van der Waals surface area contributed by atoms with E-state index in [2.05, 4.69) is 15.6 Å². The fourth-order valence-corrected chi connectivity index (χ4v) is 2.52. The Morgan fingerprint density at radius 2 is 2.33 bits per heavy atom. The van der Waals surface area contributed by atoms with Crippen molar-refractivity contribution in [3.63, 3.8) is 0 Å². The smallest absolute Gasteiger partial charge is 0.230 e. The molecular weight excluding hydrogens is 254 g/mol. The van der Waals surface area contributed by atoms with Crippen molar-refractivity contribution in [2.45, 2.75) is 18.9 Å². The van der Waals surface area contributed by atoms with Crippen LogP contribution in [-0.4, -0.2) is 39.0 Å². The molecule has 1 amide bonds. The Morgan fingerprint density at radius 3 is 2.89 bits per heavy atom. The summed E-state index contributed by atoms with van der Waals surface area (Å²) in [7, 11) is 1.75. The molecule has 0 spiro atoms. The molecule has 4 N–H and O–H groups in total. The first kappa shape index (κ1) is 14.4. The molecule has 1 rings (SSSR count). The highest BCUT2D eigenvalue weighted by Crippen LogP contribution is 2.24. The summed E-state index contributed by atoms with van der Waals surface area (Å²) in [4.78, 5) is 11.4. The van der Waals surface area contributed by atoms with Gasteiger partial charge in [-0.2, -0.15) is 5.10 Å².